The number of carbonyl (C=O) groups is 1. The highest BCUT2D eigenvalue weighted by Crippen LogP contribution is 2.28. The fourth-order valence-electron chi connectivity index (χ4n) is 2.52. The van der Waals surface area contributed by atoms with Crippen LogP contribution in [-0.4, -0.2) is 25.1 Å². The molecule has 0 saturated heterocycles. The molecule has 3 aromatic rings. The Labute approximate surface area is 149 Å². The first-order valence-electron chi connectivity index (χ1n) is 7.73. The van der Waals surface area contributed by atoms with E-state index in [0.29, 0.717) is 17.1 Å². The largest absolute Gasteiger partial charge is 0.507 e. The molecule has 1 heterocycles. The molecule has 3 rings (SSSR count). The predicted octanol–water partition coefficient (Wildman–Crippen LogP) is 3.26. The number of carbonyl (C=O) groups excluding carboxylic acids is 1. The van der Waals surface area contributed by atoms with Crippen molar-refractivity contribution >= 4 is 5.78 Å². The van der Waals surface area contributed by atoms with Gasteiger partial charge in [0.05, 0.1) is 14.2 Å². The van der Waals surface area contributed by atoms with Gasteiger partial charge in [0.2, 0.25) is 5.78 Å². The predicted molar refractivity (Wildman–Crippen MR) is 95.1 cm³/mol. The van der Waals surface area contributed by atoms with Gasteiger partial charge in [-0.25, -0.2) is 4.79 Å². The summed E-state index contributed by atoms with van der Waals surface area (Å²) in [7, 11) is 2.99. The minimum absolute atomic E-state index is 0.133. The van der Waals surface area contributed by atoms with Crippen molar-refractivity contribution in [3.05, 3.63) is 76.1 Å². The first-order chi connectivity index (χ1) is 12.5. The fourth-order valence-corrected chi connectivity index (χ4v) is 2.52. The van der Waals surface area contributed by atoms with Crippen molar-refractivity contribution in [2.75, 3.05) is 14.2 Å². The van der Waals surface area contributed by atoms with Crippen LogP contribution >= 0.6 is 0 Å². The average molecular weight is 352 g/mol. The third-order valence-electron chi connectivity index (χ3n) is 3.84. The number of methoxy groups -OCH3 is 2. The molecule has 1 N–H and O–H groups in total. The van der Waals surface area contributed by atoms with Crippen LogP contribution < -0.4 is 15.1 Å². The minimum Gasteiger partial charge on any atom is -0.507 e. The molecule has 0 saturated carbocycles. The third kappa shape index (κ3) is 3.30. The van der Waals surface area contributed by atoms with E-state index in [1.54, 1.807) is 36.4 Å². The summed E-state index contributed by atoms with van der Waals surface area (Å²) >= 11 is 0. The normalized spacial score (nSPS) is 10.4. The lowest BCUT2D eigenvalue weighted by Crippen LogP contribution is -2.15. The van der Waals surface area contributed by atoms with Crippen LogP contribution in [0, 0.1) is 0 Å². The first-order valence-corrected chi connectivity index (χ1v) is 7.73. The van der Waals surface area contributed by atoms with Crippen LogP contribution in [0.3, 0.4) is 0 Å². The van der Waals surface area contributed by atoms with Gasteiger partial charge in [-0.1, -0.05) is 24.3 Å². The molecular formula is C20H16O6. The van der Waals surface area contributed by atoms with Crippen LogP contribution in [0.5, 0.6) is 17.2 Å². The number of ketones is 1. The van der Waals surface area contributed by atoms with Crippen molar-refractivity contribution in [3.8, 4) is 28.6 Å². The van der Waals surface area contributed by atoms with Crippen LogP contribution in [0.15, 0.2) is 63.8 Å². The van der Waals surface area contributed by atoms with E-state index in [1.165, 1.54) is 32.4 Å². The van der Waals surface area contributed by atoms with Gasteiger partial charge in [-0.15, -0.1) is 0 Å². The Balaban J connectivity index is 2.04. The number of aromatic hydroxyl groups is 1. The van der Waals surface area contributed by atoms with E-state index < -0.39 is 22.7 Å². The zero-order valence-corrected chi connectivity index (χ0v) is 14.2. The molecular weight excluding hydrogens is 336 g/mol. The van der Waals surface area contributed by atoms with Gasteiger partial charge in [-0.3, -0.25) is 4.79 Å². The van der Waals surface area contributed by atoms with Gasteiger partial charge in [0.15, 0.2) is 0 Å². The summed E-state index contributed by atoms with van der Waals surface area (Å²) in [5.74, 6) is 0.0710. The lowest BCUT2D eigenvalue weighted by atomic mass is 10.0. The highest BCUT2D eigenvalue weighted by molar-refractivity contribution is 6.10. The van der Waals surface area contributed by atoms with E-state index in [2.05, 4.69) is 0 Å². The van der Waals surface area contributed by atoms with Crippen LogP contribution in [0.1, 0.15) is 15.9 Å². The summed E-state index contributed by atoms with van der Waals surface area (Å²) in [4.78, 5) is 25.0. The molecule has 0 atom stereocenters. The molecule has 0 fully saturated rings. The summed E-state index contributed by atoms with van der Waals surface area (Å²) in [6, 6.07) is 14.4. The summed E-state index contributed by atoms with van der Waals surface area (Å²) in [6.07, 6.45) is 0. The van der Waals surface area contributed by atoms with Gasteiger partial charge in [-0.05, 0) is 24.3 Å². The molecule has 0 radical (unpaired) electrons. The van der Waals surface area contributed by atoms with E-state index in [-0.39, 0.29) is 11.3 Å². The number of benzene rings is 2. The van der Waals surface area contributed by atoms with Crippen LogP contribution in [-0.2, 0) is 0 Å². The average Bonchev–Trinajstić information content (AvgIpc) is 2.67. The van der Waals surface area contributed by atoms with Crippen molar-refractivity contribution in [2.24, 2.45) is 0 Å². The SMILES string of the molecule is COc1cccc(C(=O)c2c(O)cc(-c3cccc(OC)c3)oc2=O)c1. The number of hydrogen-bond acceptors (Lipinski definition) is 6. The van der Waals surface area contributed by atoms with E-state index in [9.17, 15) is 14.7 Å². The van der Waals surface area contributed by atoms with Gasteiger partial charge in [0, 0.05) is 17.2 Å². The molecule has 1 aromatic heterocycles. The topological polar surface area (TPSA) is 86.0 Å². The Hall–Kier alpha value is -3.54. The zero-order valence-electron chi connectivity index (χ0n) is 14.2. The van der Waals surface area contributed by atoms with Crippen molar-refractivity contribution < 1.29 is 23.8 Å². The molecule has 0 spiro atoms. The molecule has 0 amide bonds. The lowest BCUT2D eigenvalue weighted by molar-refractivity contribution is 0.103. The van der Waals surface area contributed by atoms with Crippen molar-refractivity contribution in [3.63, 3.8) is 0 Å². The van der Waals surface area contributed by atoms with E-state index in [0.717, 1.165) is 0 Å². The maximum atomic E-state index is 12.6. The smallest absolute Gasteiger partial charge is 0.351 e. The molecule has 0 aliphatic heterocycles. The molecule has 0 aliphatic rings. The van der Waals surface area contributed by atoms with Crippen LogP contribution in [0.4, 0.5) is 0 Å². The molecule has 26 heavy (non-hydrogen) atoms. The number of rotatable bonds is 5. The third-order valence-corrected chi connectivity index (χ3v) is 3.84. The van der Waals surface area contributed by atoms with Crippen LogP contribution in [0.25, 0.3) is 11.3 Å². The molecule has 0 aliphatic carbocycles. The maximum Gasteiger partial charge on any atom is 0.351 e. The van der Waals surface area contributed by atoms with Crippen molar-refractivity contribution in [1.29, 1.82) is 0 Å². The quantitative estimate of drug-likeness (QED) is 0.709. The Morgan fingerprint density at radius 2 is 1.62 bits per heavy atom. The first kappa shape index (κ1) is 17.3. The second-order valence-corrected chi connectivity index (χ2v) is 5.45. The second-order valence-electron chi connectivity index (χ2n) is 5.45. The Bertz CT molecular complexity index is 1020. The Morgan fingerprint density at radius 1 is 0.962 bits per heavy atom. The Kier molecular flexibility index (Phi) is 4.75. The summed E-state index contributed by atoms with van der Waals surface area (Å²) in [5.41, 5.74) is -0.598. The molecule has 6 heteroatoms. The lowest BCUT2D eigenvalue weighted by Gasteiger charge is -2.07. The standard InChI is InChI=1S/C20H16O6/c1-24-14-7-3-5-12(9-14)17-11-16(21)18(20(23)26-17)19(22)13-6-4-8-15(10-13)25-2/h3-11,21H,1-2H3. The molecule has 0 bridgehead atoms. The van der Waals surface area contributed by atoms with Crippen LogP contribution in [0.2, 0.25) is 0 Å². The monoisotopic (exact) mass is 352 g/mol. The number of ether oxygens (including phenoxy) is 2. The zero-order chi connectivity index (χ0) is 18.7. The molecule has 6 nitrogen and oxygen atoms in total. The van der Waals surface area contributed by atoms with E-state index >= 15 is 0 Å². The summed E-state index contributed by atoms with van der Waals surface area (Å²) in [6.45, 7) is 0. The number of hydrogen-bond donors (Lipinski definition) is 1. The highest BCUT2D eigenvalue weighted by Gasteiger charge is 2.21. The van der Waals surface area contributed by atoms with E-state index in [1.807, 2.05) is 0 Å². The van der Waals surface area contributed by atoms with Gasteiger partial charge in [0.25, 0.3) is 0 Å². The summed E-state index contributed by atoms with van der Waals surface area (Å²) in [5, 5.41) is 10.3. The Morgan fingerprint density at radius 3 is 2.27 bits per heavy atom. The van der Waals surface area contributed by atoms with Gasteiger partial charge < -0.3 is 19.0 Å². The minimum atomic E-state index is -0.921. The van der Waals surface area contributed by atoms with Gasteiger partial charge >= 0.3 is 5.63 Å². The van der Waals surface area contributed by atoms with Crippen molar-refractivity contribution in [1.82, 2.24) is 0 Å². The maximum absolute atomic E-state index is 12.6. The van der Waals surface area contributed by atoms with Crippen molar-refractivity contribution in [2.45, 2.75) is 0 Å². The van der Waals surface area contributed by atoms with Gasteiger partial charge in [-0.2, -0.15) is 0 Å². The molecule has 0 unspecified atom stereocenters. The molecule has 2 aromatic carbocycles. The van der Waals surface area contributed by atoms with E-state index in [4.69, 9.17) is 13.9 Å². The second kappa shape index (κ2) is 7.14. The highest BCUT2D eigenvalue weighted by atomic mass is 16.5. The van der Waals surface area contributed by atoms with Gasteiger partial charge in [0.1, 0.15) is 28.6 Å². The molecule has 132 valence electrons. The fraction of sp³-hybridized carbons (Fsp3) is 0.100. The summed E-state index contributed by atoms with van der Waals surface area (Å²) < 4.78 is 15.5.